The van der Waals surface area contributed by atoms with Crippen LogP contribution in [0.4, 0.5) is 4.39 Å². The number of hydrogen-bond donors (Lipinski definition) is 1. The molecule has 0 radical (unpaired) electrons. The van der Waals surface area contributed by atoms with Crippen molar-refractivity contribution < 1.29 is 9.13 Å². The van der Waals surface area contributed by atoms with E-state index in [1.807, 2.05) is 19.2 Å². The lowest BCUT2D eigenvalue weighted by Crippen LogP contribution is -2.42. The molecule has 1 aromatic carbocycles. The fraction of sp³-hybridized carbons (Fsp3) is 0.571. The van der Waals surface area contributed by atoms with Crippen LogP contribution in [0.2, 0.25) is 0 Å². The van der Waals surface area contributed by atoms with E-state index in [1.54, 1.807) is 7.11 Å². The Morgan fingerprint density at radius 3 is 2.72 bits per heavy atom. The van der Waals surface area contributed by atoms with E-state index >= 15 is 0 Å². The molecule has 0 spiro atoms. The molecule has 1 aromatic rings. The van der Waals surface area contributed by atoms with Crippen molar-refractivity contribution in [1.82, 2.24) is 5.32 Å². The SMILES string of the molecule is CNC(Cc1ccc(Br)cc1F)C(OC)C1CC1. The van der Waals surface area contributed by atoms with E-state index in [0.717, 1.165) is 10.0 Å². The fourth-order valence-electron chi connectivity index (χ4n) is 2.42. The third-order valence-corrected chi connectivity index (χ3v) is 4.07. The largest absolute Gasteiger partial charge is 0.380 e. The second-order valence-electron chi connectivity index (χ2n) is 4.87. The van der Waals surface area contributed by atoms with Gasteiger partial charge in [-0.15, -0.1) is 0 Å². The lowest BCUT2D eigenvalue weighted by molar-refractivity contribution is 0.0532. The van der Waals surface area contributed by atoms with Crippen molar-refractivity contribution in [3.63, 3.8) is 0 Å². The van der Waals surface area contributed by atoms with Crippen molar-refractivity contribution in [1.29, 1.82) is 0 Å². The monoisotopic (exact) mass is 315 g/mol. The molecule has 1 aliphatic carbocycles. The molecule has 0 bridgehead atoms. The zero-order valence-corrected chi connectivity index (χ0v) is 12.3. The Hall–Kier alpha value is -0.450. The molecule has 2 nitrogen and oxygen atoms in total. The number of methoxy groups -OCH3 is 1. The maximum atomic E-state index is 13.8. The molecule has 1 aliphatic rings. The van der Waals surface area contributed by atoms with Gasteiger partial charge in [0.1, 0.15) is 5.82 Å². The van der Waals surface area contributed by atoms with Crippen LogP contribution in [0.25, 0.3) is 0 Å². The molecule has 0 amide bonds. The van der Waals surface area contributed by atoms with Gasteiger partial charge in [0.2, 0.25) is 0 Å². The van der Waals surface area contributed by atoms with Crippen LogP contribution in [0.3, 0.4) is 0 Å². The second kappa shape index (κ2) is 6.13. The Balaban J connectivity index is 2.09. The summed E-state index contributed by atoms with van der Waals surface area (Å²) >= 11 is 3.28. The summed E-state index contributed by atoms with van der Waals surface area (Å²) in [5, 5.41) is 3.26. The first-order chi connectivity index (χ1) is 8.65. The predicted octanol–water partition coefficient (Wildman–Crippen LogP) is 3.14. The number of ether oxygens (including phenoxy) is 1. The van der Waals surface area contributed by atoms with Crippen LogP contribution in [0.15, 0.2) is 22.7 Å². The van der Waals surface area contributed by atoms with Crippen LogP contribution in [-0.2, 0) is 11.2 Å². The summed E-state index contributed by atoms with van der Waals surface area (Å²) in [5.41, 5.74) is 0.736. The van der Waals surface area contributed by atoms with Gasteiger partial charge in [0.25, 0.3) is 0 Å². The maximum absolute atomic E-state index is 13.8. The normalized spacial score (nSPS) is 18.7. The summed E-state index contributed by atoms with van der Waals surface area (Å²) in [6, 6.07) is 5.40. The van der Waals surface area contributed by atoms with Crippen molar-refractivity contribution in [2.75, 3.05) is 14.2 Å². The minimum absolute atomic E-state index is 0.157. The average molecular weight is 316 g/mol. The zero-order chi connectivity index (χ0) is 13.1. The number of halogens is 2. The third kappa shape index (κ3) is 3.31. The average Bonchev–Trinajstić information content (AvgIpc) is 3.16. The van der Waals surface area contributed by atoms with E-state index in [4.69, 9.17) is 4.74 Å². The summed E-state index contributed by atoms with van der Waals surface area (Å²) in [6.07, 6.45) is 3.28. The summed E-state index contributed by atoms with van der Waals surface area (Å²) < 4.78 is 20.2. The molecule has 2 atom stereocenters. The molecule has 1 saturated carbocycles. The molecule has 2 rings (SSSR count). The van der Waals surface area contributed by atoms with Crippen molar-refractivity contribution >= 4 is 15.9 Å². The van der Waals surface area contributed by atoms with E-state index in [2.05, 4.69) is 21.2 Å². The molecular weight excluding hydrogens is 297 g/mol. The maximum Gasteiger partial charge on any atom is 0.127 e. The number of likely N-dealkylation sites (N-methyl/N-ethyl adjacent to an activating group) is 1. The topological polar surface area (TPSA) is 21.3 Å². The molecule has 2 unspecified atom stereocenters. The van der Waals surface area contributed by atoms with Crippen molar-refractivity contribution in [3.8, 4) is 0 Å². The van der Waals surface area contributed by atoms with E-state index in [-0.39, 0.29) is 18.0 Å². The van der Waals surface area contributed by atoms with Gasteiger partial charge in [0, 0.05) is 17.6 Å². The first-order valence-corrected chi connectivity index (χ1v) is 7.09. The zero-order valence-electron chi connectivity index (χ0n) is 10.7. The summed E-state index contributed by atoms with van der Waals surface area (Å²) in [6.45, 7) is 0. The first-order valence-electron chi connectivity index (χ1n) is 6.29. The fourth-order valence-corrected chi connectivity index (χ4v) is 2.75. The smallest absolute Gasteiger partial charge is 0.127 e. The molecule has 1 fully saturated rings. The van der Waals surface area contributed by atoms with Crippen molar-refractivity contribution in [2.24, 2.45) is 5.92 Å². The lowest BCUT2D eigenvalue weighted by atomic mass is 9.98. The molecule has 0 aromatic heterocycles. The second-order valence-corrected chi connectivity index (χ2v) is 5.79. The Labute approximate surface area is 116 Å². The van der Waals surface area contributed by atoms with Gasteiger partial charge in [0.05, 0.1) is 6.10 Å². The number of rotatable bonds is 6. The van der Waals surface area contributed by atoms with Gasteiger partial charge in [-0.25, -0.2) is 4.39 Å². The van der Waals surface area contributed by atoms with Gasteiger partial charge in [0.15, 0.2) is 0 Å². The minimum atomic E-state index is -0.157. The van der Waals surface area contributed by atoms with Crippen LogP contribution >= 0.6 is 15.9 Å². The van der Waals surface area contributed by atoms with E-state index in [0.29, 0.717) is 12.3 Å². The predicted molar refractivity (Wildman–Crippen MR) is 74.2 cm³/mol. The van der Waals surface area contributed by atoms with Gasteiger partial charge in [-0.3, -0.25) is 0 Å². The Morgan fingerprint density at radius 1 is 1.50 bits per heavy atom. The third-order valence-electron chi connectivity index (χ3n) is 3.58. The van der Waals surface area contributed by atoms with Crippen LogP contribution in [0, 0.1) is 11.7 Å². The Morgan fingerprint density at radius 2 is 2.22 bits per heavy atom. The highest BCUT2D eigenvalue weighted by Crippen LogP contribution is 2.36. The molecule has 0 aliphatic heterocycles. The van der Waals surface area contributed by atoms with Gasteiger partial charge in [-0.1, -0.05) is 22.0 Å². The van der Waals surface area contributed by atoms with Gasteiger partial charge in [-0.2, -0.15) is 0 Å². The lowest BCUT2D eigenvalue weighted by Gasteiger charge is -2.26. The number of nitrogens with one attached hydrogen (secondary N) is 1. The van der Waals surface area contributed by atoms with Crippen LogP contribution < -0.4 is 5.32 Å². The highest BCUT2D eigenvalue weighted by Gasteiger charge is 2.36. The standard InChI is InChI=1S/C14H19BrFNO/c1-17-13(14(18-2)9-3-4-9)7-10-5-6-11(15)8-12(10)16/h5-6,8-9,13-14,17H,3-4,7H2,1-2H3. The molecule has 100 valence electrons. The summed E-state index contributed by atoms with van der Waals surface area (Å²) in [5.74, 6) is 0.473. The van der Waals surface area contributed by atoms with Crippen molar-refractivity contribution in [2.45, 2.75) is 31.4 Å². The van der Waals surface area contributed by atoms with E-state index < -0.39 is 0 Å². The van der Waals surface area contributed by atoms with E-state index in [9.17, 15) is 4.39 Å². The van der Waals surface area contributed by atoms with Gasteiger partial charge < -0.3 is 10.1 Å². The molecule has 0 saturated heterocycles. The van der Waals surface area contributed by atoms with Crippen LogP contribution in [0.5, 0.6) is 0 Å². The van der Waals surface area contributed by atoms with Gasteiger partial charge >= 0.3 is 0 Å². The highest BCUT2D eigenvalue weighted by molar-refractivity contribution is 9.10. The van der Waals surface area contributed by atoms with Gasteiger partial charge in [-0.05, 0) is 49.9 Å². The summed E-state index contributed by atoms with van der Waals surface area (Å²) in [4.78, 5) is 0. The van der Waals surface area contributed by atoms with Crippen molar-refractivity contribution in [3.05, 3.63) is 34.1 Å². The molecule has 0 heterocycles. The Kier molecular flexibility index (Phi) is 4.76. The molecule has 1 N–H and O–H groups in total. The Bertz CT molecular complexity index is 409. The first kappa shape index (κ1) is 14.0. The molecular formula is C14H19BrFNO. The minimum Gasteiger partial charge on any atom is -0.380 e. The molecule has 4 heteroatoms. The highest BCUT2D eigenvalue weighted by atomic mass is 79.9. The van der Waals surface area contributed by atoms with Crippen LogP contribution in [-0.4, -0.2) is 26.3 Å². The quantitative estimate of drug-likeness (QED) is 0.870. The summed E-state index contributed by atoms with van der Waals surface area (Å²) in [7, 11) is 3.65. The van der Waals surface area contributed by atoms with E-state index in [1.165, 1.54) is 18.9 Å². The molecule has 18 heavy (non-hydrogen) atoms. The number of hydrogen-bond acceptors (Lipinski definition) is 2. The van der Waals surface area contributed by atoms with Crippen LogP contribution in [0.1, 0.15) is 18.4 Å². The number of benzene rings is 1.